The zero-order valence-corrected chi connectivity index (χ0v) is 10.1. The van der Waals surface area contributed by atoms with Crippen LogP contribution in [0.15, 0.2) is 12.3 Å². The lowest BCUT2D eigenvalue weighted by molar-refractivity contribution is 0.264. The first-order valence-electron chi connectivity index (χ1n) is 6.21. The van der Waals surface area contributed by atoms with Crippen LogP contribution in [0.4, 0.5) is 5.82 Å². The molecule has 0 atom stereocenters. The molecule has 0 unspecified atom stereocenters. The molecule has 0 aliphatic heterocycles. The molecule has 0 saturated heterocycles. The van der Waals surface area contributed by atoms with Gasteiger partial charge in [-0.2, -0.15) is 5.10 Å². The van der Waals surface area contributed by atoms with Crippen molar-refractivity contribution in [2.24, 2.45) is 5.92 Å². The first-order valence-corrected chi connectivity index (χ1v) is 6.21. The normalized spacial score (nSPS) is 17.4. The maximum absolute atomic E-state index is 5.57. The predicted octanol–water partition coefficient (Wildman–Crippen LogP) is 1.59. The fourth-order valence-electron chi connectivity index (χ4n) is 2.50. The molecule has 1 aliphatic carbocycles. The van der Waals surface area contributed by atoms with E-state index in [-0.39, 0.29) is 0 Å². The van der Waals surface area contributed by atoms with Crippen LogP contribution in [0.5, 0.6) is 0 Å². The van der Waals surface area contributed by atoms with E-state index in [4.69, 9.17) is 5.73 Å². The third kappa shape index (κ3) is 3.23. The molecule has 1 aromatic rings. The van der Waals surface area contributed by atoms with E-state index in [0.717, 1.165) is 19.0 Å². The molecule has 0 amide bonds. The van der Waals surface area contributed by atoms with Crippen LogP contribution >= 0.6 is 0 Å². The van der Waals surface area contributed by atoms with Crippen molar-refractivity contribution in [2.75, 3.05) is 25.9 Å². The van der Waals surface area contributed by atoms with E-state index in [1.807, 2.05) is 16.9 Å². The second-order valence-corrected chi connectivity index (χ2v) is 4.92. The van der Waals surface area contributed by atoms with Gasteiger partial charge >= 0.3 is 0 Å². The summed E-state index contributed by atoms with van der Waals surface area (Å²) in [6.07, 6.45) is 7.62. The summed E-state index contributed by atoms with van der Waals surface area (Å²) >= 11 is 0. The first kappa shape index (κ1) is 11.5. The van der Waals surface area contributed by atoms with E-state index in [2.05, 4.69) is 17.0 Å². The Hall–Kier alpha value is -1.03. The number of aromatic nitrogens is 2. The van der Waals surface area contributed by atoms with Crippen molar-refractivity contribution in [3.05, 3.63) is 12.3 Å². The molecule has 1 fully saturated rings. The Morgan fingerprint density at radius 1 is 1.50 bits per heavy atom. The average molecular weight is 222 g/mol. The highest BCUT2D eigenvalue weighted by atomic mass is 15.3. The van der Waals surface area contributed by atoms with Crippen molar-refractivity contribution in [3.8, 4) is 0 Å². The molecular formula is C12H22N4. The summed E-state index contributed by atoms with van der Waals surface area (Å²) in [6, 6.07) is 1.84. The number of likely N-dealkylation sites (N-methyl/N-ethyl adjacent to an activating group) is 1. The minimum atomic E-state index is 0.610. The fraction of sp³-hybridized carbons (Fsp3) is 0.750. The van der Waals surface area contributed by atoms with Gasteiger partial charge in [0.1, 0.15) is 5.82 Å². The topological polar surface area (TPSA) is 47.1 Å². The lowest BCUT2D eigenvalue weighted by atomic mass is 10.1. The van der Waals surface area contributed by atoms with Gasteiger partial charge in [-0.05, 0) is 31.9 Å². The SMILES string of the molecule is CN(CCn1ccc(N)n1)CC1CCCC1. The number of nitrogen functional groups attached to an aromatic ring is 1. The van der Waals surface area contributed by atoms with E-state index in [1.165, 1.54) is 32.2 Å². The zero-order valence-electron chi connectivity index (χ0n) is 10.1. The molecule has 16 heavy (non-hydrogen) atoms. The van der Waals surface area contributed by atoms with E-state index in [0.29, 0.717) is 5.82 Å². The van der Waals surface area contributed by atoms with Crippen LogP contribution in [0.1, 0.15) is 25.7 Å². The van der Waals surface area contributed by atoms with Gasteiger partial charge in [0.2, 0.25) is 0 Å². The van der Waals surface area contributed by atoms with Crippen molar-refractivity contribution in [2.45, 2.75) is 32.2 Å². The van der Waals surface area contributed by atoms with Crippen molar-refractivity contribution < 1.29 is 0 Å². The molecule has 2 N–H and O–H groups in total. The van der Waals surface area contributed by atoms with E-state index in [9.17, 15) is 0 Å². The van der Waals surface area contributed by atoms with Crippen LogP contribution in [-0.4, -0.2) is 34.8 Å². The third-order valence-corrected chi connectivity index (χ3v) is 3.42. The zero-order chi connectivity index (χ0) is 11.4. The molecule has 4 nitrogen and oxygen atoms in total. The quantitative estimate of drug-likeness (QED) is 0.823. The van der Waals surface area contributed by atoms with Crippen LogP contribution < -0.4 is 5.73 Å². The third-order valence-electron chi connectivity index (χ3n) is 3.42. The molecule has 1 aliphatic rings. The van der Waals surface area contributed by atoms with Crippen LogP contribution in [0.3, 0.4) is 0 Å². The summed E-state index contributed by atoms with van der Waals surface area (Å²) in [7, 11) is 2.20. The van der Waals surface area contributed by atoms with Crippen LogP contribution in [0.25, 0.3) is 0 Å². The van der Waals surface area contributed by atoms with Crippen LogP contribution in [-0.2, 0) is 6.54 Å². The molecule has 1 heterocycles. The summed E-state index contributed by atoms with van der Waals surface area (Å²) in [5.74, 6) is 1.53. The number of nitrogens with two attached hydrogens (primary N) is 1. The summed E-state index contributed by atoms with van der Waals surface area (Å²) in [4.78, 5) is 2.41. The van der Waals surface area contributed by atoms with Crippen molar-refractivity contribution in [1.29, 1.82) is 0 Å². The Bertz CT molecular complexity index is 315. The smallest absolute Gasteiger partial charge is 0.145 e. The molecule has 90 valence electrons. The Morgan fingerprint density at radius 2 is 2.25 bits per heavy atom. The van der Waals surface area contributed by atoms with Gasteiger partial charge in [-0.25, -0.2) is 0 Å². The van der Waals surface area contributed by atoms with Gasteiger partial charge < -0.3 is 10.6 Å². The van der Waals surface area contributed by atoms with Gasteiger partial charge in [0.05, 0.1) is 6.54 Å². The van der Waals surface area contributed by atoms with Crippen molar-refractivity contribution >= 4 is 5.82 Å². The summed E-state index contributed by atoms with van der Waals surface area (Å²) in [5.41, 5.74) is 5.57. The van der Waals surface area contributed by atoms with Gasteiger partial charge in [0.15, 0.2) is 0 Å². The van der Waals surface area contributed by atoms with Crippen molar-refractivity contribution in [1.82, 2.24) is 14.7 Å². The van der Waals surface area contributed by atoms with Gasteiger partial charge in [-0.15, -0.1) is 0 Å². The second-order valence-electron chi connectivity index (χ2n) is 4.92. The molecule has 0 spiro atoms. The summed E-state index contributed by atoms with van der Waals surface area (Å²) in [5, 5.41) is 4.18. The highest BCUT2D eigenvalue weighted by molar-refractivity contribution is 5.23. The lowest BCUT2D eigenvalue weighted by Crippen LogP contribution is -2.28. The number of hydrogen-bond donors (Lipinski definition) is 1. The van der Waals surface area contributed by atoms with E-state index < -0.39 is 0 Å². The largest absolute Gasteiger partial charge is 0.382 e. The van der Waals surface area contributed by atoms with Gasteiger partial charge in [0, 0.05) is 19.3 Å². The Morgan fingerprint density at radius 3 is 2.88 bits per heavy atom. The van der Waals surface area contributed by atoms with Crippen LogP contribution in [0.2, 0.25) is 0 Å². The van der Waals surface area contributed by atoms with E-state index in [1.54, 1.807) is 0 Å². The Kier molecular flexibility index (Phi) is 3.83. The molecule has 2 rings (SSSR count). The minimum absolute atomic E-state index is 0.610. The van der Waals surface area contributed by atoms with Crippen LogP contribution in [0, 0.1) is 5.92 Å². The molecule has 4 heteroatoms. The summed E-state index contributed by atoms with van der Waals surface area (Å²) < 4.78 is 1.92. The first-order chi connectivity index (χ1) is 7.74. The monoisotopic (exact) mass is 222 g/mol. The van der Waals surface area contributed by atoms with Gasteiger partial charge in [0.25, 0.3) is 0 Å². The highest BCUT2D eigenvalue weighted by Crippen LogP contribution is 2.24. The molecular weight excluding hydrogens is 200 g/mol. The molecule has 1 saturated carbocycles. The molecule has 0 aromatic carbocycles. The number of rotatable bonds is 5. The summed E-state index contributed by atoms with van der Waals surface area (Å²) in [6.45, 7) is 3.22. The maximum atomic E-state index is 5.57. The fourth-order valence-corrected chi connectivity index (χ4v) is 2.50. The standard InChI is InChI=1S/C12H22N4/c1-15(10-11-4-2-3-5-11)8-9-16-7-6-12(13)14-16/h6-7,11H,2-5,8-10H2,1H3,(H2,13,14). The van der Waals surface area contributed by atoms with Gasteiger partial charge in [-0.1, -0.05) is 12.8 Å². The number of nitrogens with zero attached hydrogens (tertiary/aromatic N) is 3. The molecule has 0 radical (unpaired) electrons. The lowest BCUT2D eigenvalue weighted by Gasteiger charge is -2.20. The molecule has 1 aromatic heterocycles. The maximum Gasteiger partial charge on any atom is 0.145 e. The number of hydrogen-bond acceptors (Lipinski definition) is 3. The average Bonchev–Trinajstić information content (AvgIpc) is 2.87. The Balaban J connectivity index is 1.68. The predicted molar refractivity (Wildman–Crippen MR) is 66.1 cm³/mol. The highest BCUT2D eigenvalue weighted by Gasteiger charge is 2.16. The number of anilines is 1. The van der Waals surface area contributed by atoms with E-state index >= 15 is 0 Å². The van der Waals surface area contributed by atoms with Gasteiger partial charge in [-0.3, -0.25) is 4.68 Å². The molecule has 0 bridgehead atoms. The van der Waals surface area contributed by atoms with Crippen molar-refractivity contribution in [3.63, 3.8) is 0 Å². The Labute approximate surface area is 97.4 Å². The minimum Gasteiger partial charge on any atom is -0.382 e. The second kappa shape index (κ2) is 5.34.